The lowest BCUT2D eigenvalue weighted by Crippen LogP contribution is -2.27. The van der Waals surface area contributed by atoms with Crippen LogP contribution in [0.3, 0.4) is 0 Å². The summed E-state index contributed by atoms with van der Waals surface area (Å²) in [7, 11) is 1.56. The highest BCUT2D eigenvalue weighted by Crippen LogP contribution is 2.15. The third kappa shape index (κ3) is 4.03. The first-order valence-electron chi connectivity index (χ1n) is 7.83. The summed E-state index contributed by atoms with van der Waals surface area (Å²) in [6.45, 7) is -0.142. The van der Waals surface area contributed by atoms with Crippen molar-refractivity contribution in [3.05, 3.63) is 54.0 Å². The van der Waals surface area contributed by atoms with Gasteiger partial charge in [0.2, 0.25) is 5.91 Å². The van der Waals surface area contributed by atoms with Gasteiger partial charge in [-0.15, -0.1) is 0 Å². The summed E-state index contributed by atoms with van der Waals surface area (Å²) in [6, 6.07) is 4.71. The largest absolute Gasteiger partial charge is 0.477 e. The number of hydrogen-bond acceptors (Lipinski definition) is 6. The van der Waals surface area contributed by atoms with Crippen molar-refractivity contribution in [2.24, 2.45) is 7.05 Å². The Morgan fingerprint density at radius 3 is 2.78 bits per heavy atom. The zero-order chi connectivity index (χ0) is 19.4. The van der Waals surface area contributed by atoms with Crippen LogP contribution >= 0.6 is 0 Å². The number of nitrogens with one attached hydrogen (secondary N) is 2. The van der Waals surface area contributed by atoms with Crippen LogP contribution in [-0.4, -0.2) is 42.5 Å². The van der Waals surface area contributed by atoms with Crippen molar-refractivity contribution >= 4 is 23.5 Å². The molecule has 0 aromatic carbocycles. The van der Waals surface area contributed by atoms with Crippen molar-refractivity contribution in [3.8, 4) is 0 Å². The Kier molecular flexibility index (Phi) is 5.01. The van der Waals surface area contributed by atoms with Gasteiger partial charge in [0.1, 0.15) is 23.7 Å². The summed E-state index contributed by atoms with van der Waals surface area (Å²) in [5, 5.41) is 22.1. The van der Waals surface area contributed by atoms with E-state index in [1.54, 1.807) is 19.2 Å². The lowest BCUT2D eigenvalue weighted by atomic mass is 10.3. The molecule has 3 aromatic heterocycles. The van der Waals surface area contributed by atoms with Crippen LogP contribution in [0.15, 0.2) is 41.3 Å². The Balaban J connectivity index is 1.68. The number of carboxylic acid groups (broad SMARTS) is 1. The van der Waals surface area contributed by atoms with E-state index in [0.29, 0.717) is 5.76 Å². The van der Waals surface area contributed by atoms with Crippen LogP contribution in [0, 0.1) is 0 Å². The molecule has 0 saturated carbocycles. The number of carbonyl (C=O) groups excluding carboxylic acids is 2. The van der Waals surface area contributed by atoms with Gasteiger partial charge in [0.05, 0.1) is 24.7 Å². The molecule has 3 rings (SSSR count). The molecule has 140 valence electrons. The summed E-state index contributed by atoms with van der Waals surface area (Å²) in [6.07, 6.45) is 4.12. The Labute approximate surface area is 152 Å². The first-order valence-corrected chi connectivity index (χ1v) is 7.83. The van der Waals surface area contributed by atoms with E-state index in [0.717, 1.165) is 4.68 Å². The maximum atomic E-state index is 12.4. The topological polar surface area (TPSA) is 144 Å². The summed E-state index contributed by atoms with van der Waals surface area (Å²) in [5.41, 5.74) is 0.227. The molecule has 0 fully saturated rings. The molecule has 3 aromatic rings. The number of aryl methyl sites for hydroxylation is 1. The number of anilines is 1. The Hall–Kier alpha value is -3.89. The van der Waals surface area contributed by atoms with E-state index in [9.17, 15) is 14.4 Å². The minimum atomic E-state index is -1.19. The molecule has 0 aliphatic heterocycles. The van der Waals surface area contributed by atoms with Gasteiger partial charge >= 0.3 is 5.97 Å². The van der Waals surface area contributed by atoms with Crippen molar-refractivity contribution in [2.45, 2.75) is 13.1 Å². The number of hydrogen-bond donors (Lipinski definition) is 3. The Morgan fingerprint density at radius 2 is 2.07 bits per heavy atom. The van der Waals surface area contributed by atoms with Crippen molar-refractivity contribution in [1.82, 2.24) is 24.9 Å². The second-order valence-electron chi connectivity index (χ2n) is 5.52. The van der Waals surface area contributed by atoms with Crippen molar-refractivity contribution < 1.29 is 23.9 Å². The fraction of sp³-hybridized carbons (Fsp3) is 0.188. The van der Waals surface area contributed by atoms with Gasteiger partial charge in [-0.25, -0.2) is 9.48 Å². The molecule has 0 aliphatic carbocycles. The molecule has 0 aliphatic rings. The second kappa shape index (κ2) is 7.56. The minimum Gasteiger partial charge on any atom is -0.477 e. The van der Waals surface area contributed by atoms with Crippen LogP contribution in [0.4, 0.5) is 5.69 Å². The fourth-order valence-corrected chi connectivity index (χ4v) is 2.43. The minimum absolute atomic E-state index is 0.118. The number of amides is 2. The maximum Gasteiger partial charge on any atom is 0.354 e. The van der Waals surface area contributed by atoms with Crippen molar-refractivity contribution in [3.63, 3.8) is 0 Å². The quantitative estimate of drug-likeness (QED) is 0.547. The van der Waals surface area contributed by atoms with E-state index in [1.807, 2.05) is 0 Å². The van der Waals surface area contributed by atoms with E-state index in [2.05, 4.69) is 20.8 Å². The molecule has 27 heavy (non-hydrogen) atoms. The molecular formula is C16H16N6O5. The number of carboxylic acids is 1. The summed E-state index contributed by atoms with van der Waals surface area (Å²) in [5.74, 6) is -1.61. The second-order valence-corrected chi connectivity index (χ2v) is 5.52. The van der Waals surface area contributed by atoms with Crippen LogP contribution in [0.1, 0.15) is 26.7 Å². The Morgan fingerprint density at radius 1 is 1.26 bits per heavy atom. The standard InChI is InChI=1S/C16H16N6O5/c1-21-14(15(24)17-7-10-3-2-6-27-10)11(8-19-21)20-13(23)9-22-12(16(25)26)4-5-18-22/h2-6,8H,7,9H2,1H3,(H,17,24)(H,20,23)(H,25,26). The average molecular weight is 372 g/mol. The highest BCUT2D eigenvalue weighted by atomic mass is 16.4. The number of carbonyl (C=O) groups is 3. The highest BCUT2D eigenvalue weighted by Gasteiger charge is 2.20. The lowest BCUT2D eigenvalue weighted by Gasteiger charge is -2.09. The number of furan rings is 1. The Bertz CT molecular complexity index is 972. The van der Waals surface area contributed by atoms with Crippen LogP contribution in [0.25, 0.3) is 0 Å². The third-order valence-electron chi connectivity index (χ3n) is 3.66. The smallest absolute Gasteiger partial charge is 0.354 e. The van der Waals surface area contributed by atoms with E-state index >= 15 is 0 Å². The predicted octanol–water partition coefficient (Wildman–Crippen LogP) is 0.477. The zero-order valence-corrected chi connectivity index (χ0v) is 14.2. The number of nitrogens with zero attached hydrogens (tertiary/aromatic N) is 4. The molecule has 2 amide bonds. The van der Waals surface area contributed by atoms with Gasteiger partial charge in [0.25, 0.3) is 5.91 Å². The van der Waals surface area contributed by atoms with Crippen LogP contribution < -0.4 is 10.6 Å². The van der Waals surface area contributed by atoms with E-state index in [-0.39, 0.29) is 30.2 Å². The molecule has 0 radical (unpaired) electrons. The zero-order valence-electron chi connectivity index (χ0n) is 14.2. The van der Waals surface area contributed by atoms with E-state index in [1.165, 1.54) is 29.4 Å². The molecule has 3 N–H and O–H groups in total. The van der Waals surface area contributed by atoms with Gasteiger partial charge in [-0.2, -0.15) is 10.2 Å². The van der Waals surface area contributed by atoms with Gasteiger partial charge < -0.3 is 20.2 Å². The van der Waals surface area contributed by atoms with Gasteiger partial charge in [-0.1, -0.05) is 0 Å². The number of aromatic nitrogens is 4. The first kappa shape index (κ1) is 17.9. The molecule has 0 atom stereocenters. The lowest BCUT2D eigenvalue weighted by molar-refractivity contribution is -0.116. The highest BCUT2D eigenvalue weighted by molar-refractivity contribution is 6.02. The van der Waals surface area contributed by atoms with E-state index < -0.39 is 17.8 Å². The monoisotopic (exact) mass is 372 g/mol. The first-order chi connectivity index (χ1) is 13.0. The predicted molar refractivity (Wildman–Crippen MR) is 90.9 cm³/mol. The molecule has 11 heteroatoms. The number of rotatable bonds is 7. The van der Waals surface area contributed by atoms with Crippen LogP contribution in [0.5, 0.6) is 0 Å². The maximum absolute atomic E-state index is 12.4. The molecule has 0 bridgehead atoms. The molecule has 0 unspecified atom stereocenters. The molecule has 11 nitrogen and oxygen atoms in total. The van der Waals surface area contributed by atoms with Gasteiger partial charge in [-0.3, -0.25) is 14.3 Å². The SMILES string of the molecule is Cn1ncc(NC(=O)Cn2nccc2C(=O)O)c1C(=O)NCc1ccco1. The molecule has 0 saturated heterocycles. The molecule has 0 spiro atoms. The van der Waals surface area contributed by atoms with Crippen LogP contribution in [-0.2, 0) is 24.9 Å². The van der Waals surface area contributed by atoms with Gasteiger partial charge in [-0.05, 0) is 18.2 Å². The van der Waals surface area contributed by atoms with E-state index in [4.69, 9.17) is 9.52 Å². The third-order valence-corrected chi connectivity index (χ3v) is 3.66. The average Bonchev–Trinajstić information content (AvgIpc) is 3.34. The number of aromatic carboxylic acids is 1. The fourth-order valence-electron chi connectivity index (χ4n) is 2.43. The molecule has 3 heterocycles. The van der Waals surface area contributed by atoms with Gasteiger partial charge in [0.15, 0.2) is 0 Å². The summed E-state index contributed by atoms with van der Waals surface area (Å²) in [4.78, 5) is 35.7. The molecular weight excluding hydrogens is 356 g/mol. The van der Waals surface area contributed by atoms with Gasteiger partial charge in [0, 0.05) is 13.2 Å². The van der Waals surface area contributed by atoms with Crippen molar-refractivity contribution in [1.29, 1.82) is 0 Å². The summed E-state index contributed by atoms with van der Waals surface area (Å²) >= 11 is 0. The normalized spacial score (nSPS) is 10.6. The van der Waals surface area contributed by atoms with Crippen LogP contribution in [0.2, 0.25) is 0 Å². The summed E-state index contributed by atoms with van der Waals surface area (Å²) < 4.78 is 7.52. The van der Waals surface area contributed by atoms with Crippen molar-refractivity contribution in [2.75, 3.05) is 5.32 Å².